The smallest absolute Gasteiger partial charge is 0.272 e. The highest BCUT2D eigenvalue weighted by molar-refractivity contribution is 8.30. The van der Waals surface area contributed by atoms with Crippen molar-refractivity contribution in [1.29, 1.82) is 0 Å². The molecule has 2 aliphatic rings. The summed E-state index contributed by atoms with van der Waals surface area (Å²) in [5, 5.41) is 5.86. The molecule has 220 valence electrons. The molecule has 2 aromatic rings. The molecule has 12 heteroatoms. The van der Waals surface area contributed by atoms with Crippen LogP contribution in [0.1, 0.15) is 52.7 Å². The third-order valence-corrected chi connectivity index (χ3v) is 8.77. The van der Waals surface area contributed by atoms with Crippen molar-refractivity contribution in [1.82, 2.24) is 10.6 Å². The van der Waals surface area contributed by atoms with Crippen LogP contribution in [0.2, 0.25) is 0 Å². The van der Waals surface area contributed by atoms with E-state index in [4.69, 9.17) is 24.4 Å². The maximum atomic E-state index is 13.5. The molecular weight excluding hydrogens is 609 g/mol. The molecule has 4 rings (SSSR count). The normalized spacial score (nSPS) is 17.8. The minimum atomic E-state index is -0.399. The summed E-state index contributed by atoms with van der Waals surface area (Å²) in [5.41, 5.74) is 2.05. The third-order valence-electron chi connectivity index (χ3n) is 5.89. The summed E-state index contributed by atoms with van der Waals surface area (Å²) in [4.78, 5) is 54.8. The van der Waals surface area contributed by atoms with Crippen molar-refractivity contribution in [3.05, 3.63) is 69.5 Å². The molecule has 8 nitrogen and oxygen atoms in total. The Bertz CT molecular complexity index is 1390. The van der Waals surface area contributed by atoms with E-state index in [9.17, 15) is 19.2 Å². The molecule has 2 N–H and O–H groups in total. The quantitative estimate of drug-likeness (QED) is 0.327. The number of thioether (sulfide) groups is 2. The van der Waals surface area contributed by atoms with Gasteiger partial charge >= 0.3 is 0 Å². The maximum absolute atomic E-state index is 13.5. The van der Waals surface area contributed by atoms with E-state index in [1.54, 1.807) is 48.5 Å². The number of thiocarbonyl (C=S) groups is 2. The molecule has 0 atom stereocenters. The lowest BCUT2D eigenvalue weighted by Crippen LogP contribution is -2.41. The summed E-state index contributed by atoms with van der Waals surface area (Å²) >= 11 is 13.2. The minimum absolute atomic E-state index is 0.0939. The summed E-state index contributed by atoms with van der Waals surface area (Å²) in [5.74, 6) is -0.986. The molecule has 0 aromatic heterocycles. The lowest BCUT2D eigenvalue weighted by atomic mass is 10.1. The summed E-state index contributed by atoms with van der Waals surface area (Å²) in [6.07, 6.45) is 0.424. The summed E-state index contributed by atoms with van der Waals surface area (Å²) in [6, 6.07) is 14.1. The minimum Gasteiger partial charge on any atom is -0.351 e. The van der Waals surface area contributed by atoms with Gasteiger partial charge in [0.1, 0.15) is 0 Å². The first-order valence-corrected chi connectivity index (χ1v) is 15.6. The SMILES string of the molecule is CC(C)(C)NC(=O)Cc1ccc(N2C(=O)/C(=C3\SC(=S)N(c4ccc(CC(=O)NC(C)(C)C)cc4)C3=O)SC2=S)cc1. The van der Waals surface area contributed by atoms with Crippen LogP contribution in [0.15, 0.2) is 58.3 Å². The van der Waals surface area contributed by atoms with Gasteiger partial charge in [-0.1, -0.05) is 72.2 Å². The van der Waals surface area contributed by atoms with Crippen molar-refractivity contribution >= 4 is 91.6 Å². The van der Waals surface area contributed by atoms with E-state index in [0.29, 0.717) is 20.0 Å². The van der Waals surface area contributed by atoms with Crippen molar-refractivity contribution in [2.24, 2.45) is 0 Å². The number of benzene rings is 2. The zero-order valence-electron chi connectivity index (χ0n) is 24.2. The van der Waals surface area contributed by atoms with Gasteiger partial charge in [-0.15, -0.1) is 0 Å². The van der Waals surface area contributed by atoms with E-state index < -0.39 is 11.8 Å². The van der Waals surface area contributed by atoms with Gasteiger partial charge in [0.15, 0.2) is 8.64 Å². The number of rotatable bonds is 6. The highest BCUT2D eigenvalue weighted by atomic mass is 32.2. The zero-order valence-corrected chi connectivity index (χ0v) is 27.5. The van der Waals surface area contributed by atoms with Crippen LogP contribution in [-0.2, 0) is 32.0 Å². The lowest BCUT2D eigenvalue weighted by Gasteiger charge is -2.20. The van der Waals surface area contributed by atoms with Gasteiger partial charge in [0.25, 0.3) is 11.8 Å². The Kier molecular flexibility index (Phi) is 9.31. The molecule has 0 unspecified atom stereocenters. The second-order valence-corrected chi connectivity index (χ2v) is 15.2. The van der Waals surface area contributed by atoms with Crippen molar-refractivity contribution in [3.63, 3.8) is 0 Å². The Morgan fingerprint density at radius 2 is 0.952 bits per heavy atom. The van der Waals surface area contributed by atoms with E-state index in [1.165, 1.54) is 9.80 Å². The Balaban J connectivity index is 1.48. The molecule has 4 amide bonds. The van der Waals surface area contributed by atoms with E-state index >= 15 is 0 Å². The zero-order chi connectivity index (χ0) is 31.0. The first-order chi connectivity index (χ1) is 19.5. The fraction of sp³-hybridized carbons (Fsp3) is 0.333. The topological polar surface area (TPSA) is 98.8 Å². The monoisotopic (exact) mass is 640 g/mol. The highest BCUT2D eigenvalue weighted by Gasteiger charge is 2.43. The largest absolute Gasteiger partial charge is 0.351 e. The van der Waals surface area contributed by atoms with Gasteiger partial charge < -0.3 is 10.6 Å². The summed E-state index contributed by atoms with van der Waals surface area (Å²) < 4.78 is 0.604. The Morgan fingerprint density at radius 3 is 1.24 bits per heavy atom. The Labute approximate surface area is 265 Å². The van der Waals surface area contributed by atoms with Crippen LogP contribution < -0.4 is 20.4 Å². The van der Waals surface area contributed by atoms with Crippen LogP contribution in [0, 0.1) is 0 Å². The first-order valence-electron chi connectivity index (χ1n) is 13.2. The second-order valence-electron chi connectivity index (χ2n) is 12.0. The summed E-state index contributed by atoms with van der Waals surface area (Å²) in [6.45, 7) is 11.5. The van der Waals surface area contributed by atoms with E-state index in [1.807, 2.05) is 41.5 Å². The van der Waals surface area contributed by atoms with Crippen LogP contribution in [-0.4, -0.2) is 43.3 Å². The maximum Gasteiger partial charge on any atom is 0.272 e. The number of amides is 4. The van der Waals surface area contributed by atoms with Crippen LogP contribution in [0.3, 0.4) is 0 Å². The molecule has 2 heterocycles. The van der Waals surface area contributed by atoms with Crippen LogP contribution in [0.4, 0.5) is 11.4 Å². The van der Waals surface area contributed by atoms with Crippen molar-refractivity contribution in [2.45, 2.75) is 65.5 Å². The molecule has 0 aliphatic carbocycles. The molecule has 0 saturated carbocycles. The summed E-state index contributed by atoms with van der Waals surface area (Å²) in [7, 11) is 0. The van der Waals surface area contributed by atoms with E-state index in [-0.39, 0.29) is 45.5 Å². The fourth-order valence-corrected chi connectivity index (χ4v) is 7.03. The molecule has 2 aromatic carbocycles. The molecule has 2 aliphatic heterocycles. The standard InChI is InChI=1S/C30H32N4O4S4/c1-29(2,3)31-21(35)15-17-7-11-19(12-8-17)33-25(37)23(41-27(33)39)24-26(38)34(28(40)42-24)20-13-9-18(10-14-20)16-22(36)32-30(4,5)6/h7-14H,15-16H2,1-6H3,(H,31,35)(H,32,36)/b24-23+. The number of nitrogens with zero attached hydrogens (tertiary/aromatic N) is 2. The second kappa shape index (κ2) is 12.3. The third kappa shape index (κ3) is 7.66. The first kappa shape index (κ1) is 31.9. The predicted octanol–water partition coefficient (Wildman–Crippen LogP) is 5.24. The van der Waals surface area contributed by atoms with Crippen molar-refractivity contribution < 1.29 is 19.2 Å². The number of anilines is 2. The average Bonchev–Trinajstić information content (AvgIpc) is 3.31. The molecule has 0 bridgehead atoms. The highest BCUT2D eigenvalue weighted by Crippen LogP contribution is 2.44. The van der Waals surface area contributed by atoms with Crippen molar-refractivity contribution in [2.75, 3.05) is 9.80 Å². The predicted molar refractivity (Wildman–Crippen MR) is 178 cm³/mol. The van der Waals surface area contributed by atoms with Crippen molar-refractivity contribution in [3.8, 4) is 0 Å². The van der Waals surface area contributed by atoms with Crippen LogP contribution >= 0.6 is 48.0 Å². The fourth-order valence-electron chi connectivity index (χ4n) is 4.28. The van der Waals surface area contributed by atoms with Gasteiger partial charge in [0.05, 0.1) is 34.0 Å². The molecule has 2 fully saturated rings. The number of hydrogen-bond acceptors (Lipinski definition) is 8. The average molecular weight is 641 g/mol. The number of carbonyl (C=O) groups is 4. The molecule has 0 radical (unpaired) electrons. The van der Waals surface area contributed by atoms with Gasteiger partial charge in [-0.2, -0.15) is 0 Å². The van der Waals surface area contributed by atoms with Gasteiger partial charge in [-0.05, 0) is 76.9 Å². The number of hydrogen-bond donors (Lipinski definition) is 2. The number of carbonyl (C=O) groups excluding carboxylic acids is 4. The number of nitrogens with one attached hydrogen (secondary N) is 2. The Morgan fingerprint density at radius 1 is 0.643 bits per heavy atom. The lowest BCUT2D eigenvalue weighted by molar-refractivity contribution is -0.122. The molecule has 2 saturated heterocycles. The van der Waals surface area contributed by atoms with E-state index in [2.05, 4.69) is 10.6 Å². The van der Waals surface area contributed by atoms with Gasteiger partial charge in [0.2, 0.25) is 11.8 Å². The van der Waals surface area contributed by atoms with Gasteiger partial charge in [-0.3, -0.25) is 29.0 Å². The Hall–Kier alpha value is -3.06. The van der Waals surface area contributed by atoms with Gasteiger partial charge in [-0.25, -0.2) is 0 Å². The van der Waals surface area contributed by atoms with Crippen LogP contribution in [0.25, 0.3) is 0 Å². The molecular formula is C30H32N4O4S4. The van der Waals surface area contributed by atoms with E-state index in [0.717, 1.165) is 34.7 Å². The van der Waals surface area contributed by atoms with Crippen LogP contribution in [0.5, 0.6) is 0 Å². The molecule has 42 heavy (non-hydrogen) atoms. The van der Waals surface area contributed by atoms with Gasteiger partial charge in [0, 0.05) is 11.1 Å². The molecule has 0 spiro atoms.